The van der Waals surface area contributed by atoms with E-state index in [9.17, 15) is 4.79 Å². The molecule has 0 spiro atoms. The van der Waals surface area contributed by atoms with Crippen LogP contribution in [0.1, 0.15) is 22.0 Å². The Labute approximate surface area is 156 Å². The fourth-order valence-electron chi connectivity index (χ4n) is 2.91. The van der Waals surface area contributed by atoms with Crippen LogP contribution in [0.25, 0.3) is 0 Å². The summed E-state index contributed by atoms with van der Waals surface area (Å²) in [5.41, 5.74) is 1.35. The van der Waals surface area contributed by atoms with Gasteiger partial charge in [-0.1, -0.05) is 41.4 Å². The maximum Gasteiger partial charge on any atom is 0.254 e. The van der Waals surface area contributed by atoms with Gasteiger partial charge in [0, 0.05) is 30.9 Å². The van der Waals surface area contributed by atoms with E-state index in [-0.39, 0.29) is 17.1 Å². The third-order valence-electron chi connectivity index (χ3n) is 4.21. The lowest BCUT2D eigenvalue weighted by molar-refractivity contribution is 0.0162. The Morgan fingerprint density at radius 1 is 1.20 bits per heavy atom. The van der Waals surface area contributed by atoms with E-state index in [1.165, 1.54) is 0 Å². The van der Waals surface area contributed by atoms with Gasteiger partial charge in [-0.15, -0.1) is 0 Å². The standard InChI is InChI=1S/C18H19Cl2N3O2/c19-15-6-2-1-4-13(15)16(23-8-10-25-11-9-23)12-22-18(24)14-5-3-7-21-17(14)20/h1-7,16H,8-12H2,(H,22,24). The number of carbonyl (C=O) groups is 1. The van der Waals surface area contributed by atoms with Gasteiger partial charge in [0.25, 0.3) is 5.91 Å². The SMILES string of the molecule is O=C(NCC(c1ccccc1Cl)N1CCOCC1)c1cccnc1Cl. The molecule has 1 atom stereocenters. The van der Waals surface area contributed by atoms with Crippen LogP contribution in [-0.2, 0) is 4.74 Å². The quantitative estimate of drug-likeness (QED) is 0.810. The average molecular weight is 380 g/mol. The molecule has 1 aliphatic heterocycles. The van der Waals surface area contributed by atoms with Crippen LogP contribution in [0.5, 0.6) is 0 Å². The topological polar surface area (TPSA) is 54.5 Å². The van der Waals surface area contributed by atoms with Crippen LogP contribution in [0.3, 0.4) is 0 Å². The van der Waals surface area contributed by atoms with Gasteiger partial charge < -0.3 is 10.1 Å². The Balaban J connectivity index is 1.77. The maximum absolute atomic E-state index is 12.5. The molecule has 25 heavy (non-hydrogen) atoms. The molecule has 1 saturated heterocycles. The van der Waals surface area contributed by atoms with Crippen LogP contribution in [0.15, 0.2) is 42.6 Å². The summed E-state index contributed by atoms with van der Waals surface area (Å²) >= 11 is 12.4. The molecule has 132 valence electrons. The molecule has 1 fully saturated rings. The van der Waals surface area contributed by atoms with Crippen molar-refractivity contribution in [3.8, 4) is 0 Å². The summed E-state index contributed by atoms with van der Waals surface area (Å²) < 4.78 is 5.44. The first-order valence-corrected chi connectivity index (χ1v) is 8.87. The number of hydrogen-bond donors (Lipinski definition) is 1. The average Bonchev–Trinajstić information content (AvgIpc) is 2.64. The molecule has 1 unspecified atom stereocenters. The number of benzene rings is 1. The first kappa shape index (κ1) is 18.1. The number of rotatable bonds is 5. The van der Waals surface area contributed by atoms with Gasteiger partial charge in [-0.3, -0.25) is 9.69 Å². The van der Waals surface area contributed by atoms with E-state index in [0.717, 1.165) is 18.7 Å². The lowest BCUT2D eigenvalue weighted by atomic mass is 10.0. The number of ether oxygens (including phenoxy) is 1. The summed E-state index contributed by atoms with van der Waals surface area (Å²) in [5, 5.41) is 3.84. The predicted octanol–water partition coefficient (Wildman–Crippen LogP) is 3.19. The molecule has 3 rings (SSSR count). The van der Waals surface area contributed by atoms with E-state index in [4.69, 9.17) is 27.9 Å². The molecule has 0 aliphatic carbocycles. The predicted molar refractivity (Wildman–Crippen MR) is 98.2 cm³/mol. The van der Waals surface area contributed by atoms with Gasteiger partial charge in [0.2, 0.25) is 0 Å². The Bertz CT molecular complexity index is 736. The smallest absolute Gasteiger partial charge is 0.254 e. The van der Waals surface area contributed by atoms with Gasteiger partial charge in [0.05, 0.1) is 24.8 Å². The minimum absolute atomic E-state index is 0.0306. The van der Waals surface area contributed by atoms with Crippen LogP contribution in [0, 0.1) is 0 Å². The number of nitrogens with one attached hydrogen (secondary N) is 1. The summed E-state index contributed by atoms with van der Waals surface area (Å²) in [7, 11) is 0. The molecule has 1 amide bonds. The fraction of sp³-hybridized carbons (Fsp3) is 0.333. The highest BCUT2D eigenvalue weighted by molar-refractivity contribution is 6.32. The number of aromatic nitrogens is 1. The molecule has 7 heteroatoms. The summed E-state index contributed by atoms with van der Waals surface area (Å²) in [5.74, 6) is -0.247. The van der Waals surface area contributed by atoms with E-state index < -0.39 is 0 Å². The van der Waals surface area contributed by atoms with Crippen molar-refractivity contribution in [2.24, 2.45) is 0 Å². The third kappa shape index (κ3) is 4.50. The molecule has 5 nitrogen and oxygen atoms in total. The van der Waals surface area contributed by atoms with Crippen LogP contribution in [0.2, 0.25) is 10.2 Å². The van der Waals surface area contributed by atoms with Crippen LogP contribution < -0.4 is 5.32 Å². The van der Waals surface area contributed by atoms with Crippen LogP contribution in [0.4, 0.5) is 0 Å². The molecular weight excluding hydrogens is 361 g/mol. The molecule has 0 radical (unpaired) electrons. The molecule has 1 aromatic heterocycles. The number of nitrogens with zero attached hydrogens (tertiary/aromatic N) is 2. The zero-order valence-electron chi connectivity index (χ0n) is 13.6. The van der Waals surface area contributed by atoms with Crippen molar-refractivity contribution in [1.29, 1.82) is 0 Å². The summed E-state index contributed by atoms with van der Waals surface area (Å²) in [6.07, 6.45) is 1.55. The number of pyridine rings is 1. The van der Waals surface area contributed by atoms with Gasteiger partial charge in [0.1, 0.15) is 5.15 Å². The van der Waals surface area contributed by atoms with Crippen molar-refractivity contribution in [3.63, 3.8) is 0 Å². The van der Waals surface area contributed by atoms with Gasteiger partial charge in [-0.2, -0.15) is 0 Å². The molecule has 2 heterocycles. The Morgan fingerprint density at radius 3 is 2.68 bits per heavy atom. The number of amides is 1. The second kappa shape index (κ2) is 8.63. The first-order valence-electron chi connectivity index (χ1n) is 8.12. The molecule has 0 bridgehead atoms. The largest absolute Gasteiger partial charge is 0.379 e. The zero-order valence-corrected chi connectivity index (χ0v) is 15.1. The number of morpholine rings is 1. The molecule has 2 aromatic rings. The highest BCUT2D eigenvalue weighted by atomic mass is 35.5. The minimum atomic E-state index is -0.247. The number of hydrogen-bond acceptors (Lipinski definition) is 4. The third-order valence-corrected chi connectivity index (χ3v) is 4.86. The summed E-state index contributed by atoms with van der Waals surface area (Å²) in [6, 6.07) is 11.0. The first-order chi connectivity index (χ1) is 12.2. The molecule has 1 aliphatic rings. The van der Waals surface area contributed by atoms with E-state index >= 15 is 0 Å². The fourth-order valence-corrected chi connectivity index (χ4v) is 3.38. The Kier molecular flexibility index (Phi) is 6.26. The molecule has 0 saturated carbocycles. The Morgan fingerprint density at radius 2 is 1.96 bits per heavy atom. The van der Waals surface area contributed by atoms with E-state index in [2.05, 4.69) is 15.2 Å². The van der Waals surface area contributed by atoms with E-state index in [0.29, 0.717) is 30.3 Å². The molecular formula is C18H19Cl2N3O2. The lowest BCUT2D eigenvalue weighted by Crippen LogP contribution is -2.44. The summed E-state index contributed by atoms with van der Waals surface area (Å²) in [6.45, 7) is 3.35. The lowest BCUT2D eigenvalue weighted by Gasteiger charge is -2.35. The molecule has 1 N–H and O–H groups in total. The van der Waals surface area contributed by atoms with Crippen molar-refractivity contribution in [2.45, 2.75) is 6.04 Å². The van der Waals surface area contributed by atoms with E-state index in [1.54, 1.807) is 18.3 Å². The minimum Gasteiger partial charge on any atom is -0.379 e. The Hall–Kier alpha value is -1.66. The molecule has 1 aromatic carbocycles. The second-order valence-corrected chi connectivity index (χ2v) is 6.50. The normalized spacial score (nSPS) is 16.4. The van der Waals surface area contributed by atoms with Crippen molar-refractivity contribution >= 4 is 29.1 Å². The summed E-state index contributed by atoms with van der Waals surface area (Å²) in [4.78, 5) is 18.7. The van der Waals surface area contributed by atoms with Crippen molar-refractivity contribution in [3.05, 3.63) is 63.9 Å². The van der Waals surface area contributed by atoms with Crippen LogP contribution in [-0.4, -0.2) is 48.6 Å². The number of halogens is 2. The zero-order chi connectivity index (χ0) is 17.6. The van der Waals surface area contributed by atoms with Crippen LogP contribution >= 0.6 is 23.2 Å². The van der Waals surface area contributed by atoms with Gasteiger partial charge in [0.15, 0.2) is 0 Å². The number of carbonyl (C=O) groups excluding carboxylic acids is 1. The van der Waals surface area contributed by atoms with Gasteiger partial charge in [-0.05, 0) is 23.8 Å². The second-order valence-electron chi connectivity index (χ2n) is 5.74. The van der Waals surface area contributed by atoms with Crippen molar-refractivity contribution < 1.29 is 9.53 Å². The highest BCUT2D eigenvalue weighted by Crippen LogP contribution is 2.28. The van der Waals surface area contributed by atoms with Gasteiger partial charge in [-0.25, -0.2) is 4.98 Å². The van der Waals surface area contributed by atoms with Gasteiger partial charge >= 0.3 is 0 Å². The highest BCUT2D eigenvalue weighted by Gasteiger charge is 2.25. The van der Waals surface area contributed by atoms with Crippen molar-refractivity contribution in [2.75, 3.05) is 32.8 Å². The monoisotopic (exact) mass is 379 g/mol. The van der Waals surface area contributed by atoms with Crippen molar-refractivity contribution in [1.82, 2.24) is 15.2 Å². The maximum atomic E-state index is 12.5. The van der Waals surface area contributed by atoms with E-state index in [1.807, 2.05) is 24.3 Å².